The molecule has 2 heterocycles. The van der Waals surface area contributed by atoms with E-state index in [9.17, 15) is 4.79 Å². The molecule has 0 unspecified atom stereocenters. The topological polar surface area (TPSA) is 101 Å². The van der Waals surface area contributed by atoms with Crippen LogP contribution in [0.1, 0.15) is 67.7 Å². The lowest BCUT2D eigenvalue weighted by Crippen LogP contribution is -2.25. The number of azide groups is 1. The molecule has 0 saturated heterocycles. The highest BCUT2D eigenvalue weighted by Gasteiger charge is 2.23. The number of ether oxygens (including phenoxy) is 1. The molecule has 0 bridgehead atoms. The number of benzene rings is 2. The van der Waals surface area contributed by atoms with E-state index in [0.717, 1.165) is 22.0 Å². The zero-order valence-electron chi connectivity index (χ0n) is 21.2. The summed E-state index contributed by atoms with van der Waals surface area (Å²) in [5.74, 6) is -0.0964. The Morgan fingerprint density at radius 1 is 0.921 bits per heavy atom. The third-order valence-corrected chi connectivity index (χ3v) is 6.97. The summed E-state index contributed by atoms with van der Waals surface area (Å²) in [6, 6.07) is 19.9. The number of esters is 1. The van der Waals surface area contributed by atoms with Crippen molar-refractivity contribution in [2.24, 2.45) is 5.11 Å². The Labute approximate surface area is 233 Å². The van der Waals surface area contributed by atoms with Gasteiger partial charge >= 0.3 is 5.97 Å². The molecule has 4 aromatic rings. The van der Waals surface area contributed by atoms with Crippen LogP contribution >= 0.6 is 22.7 Å². The number of nitrogens with zero attached hydrogens (tertiary/aromatic N) is 5. The normalized spacial score (nSPS) is 12.1. The molecule has 4 rings (SSSR count). The molecular formula is C29H35N5O2S2. The summed E-state index contributed by atoms with van der Waals surface area (Å²) in [4.78, 5) is 23.5. The Bertz CT molecular complexity index is 1240. The van der Waals surface area contributed by atoms with Crippen LogP contribution < -0.4 is 0 Å². The lowest BCUT2D eigenvalue weighted by atomic mass is 9.96. The molecule has 200 valence electrons. The predicted molar refractivity (Wildman–Crippen MR) is 156 cm³/mol. The van der Waals surface area contributed by atoms with Crippen LogP contribution in [-0.4, -0.2) is 21.5 Å². The summed E-state index contributed by atoms with van der Waals surface area (Å²) in [5, 5.41) is 9.48. The summed E-state index contributed by atoms with van der Waals surface area (Å²) in [6.45, 7) is 5.67. The molecule has 0 fully saturated rings. The highest BCUT2D eigenvalue weighted by molar-refractivity contribution is 7.09. The van der Waals surface area contributed by atoms with Gasteiger partial charge in [0.25, 0.3) is 0 Å². The fourth-order valence-corrected chi connectivity index (χ4v) is 5.05. The molecular weight excluding hydrogens is 514 g/mol. The van der Waals surface area contributed by atoms with E-state index in [1.807, 2.05) is 80.1 Å². The maximum atomic E-state index is 12.1. The van der Waals surface area contributed by atoms with Gasteiger partial charge in [0.15, 0.2) is 0 Å². The molecule has 2 aromatic heterocycles. The van der Waals surface area contributed by atoms with Crippen molar-refractivity contribution in [2.45, 2.75) is 65.0 Å². The first-order valence-corrected chi connectivity index (χ1v) is 13.7. The summed E-state index contributed by atoms with van der Waals surface area (Å²) in [6.07, 6.45) is 5.36. The van der Waals surface area contributed by atoms with Gasteiger partial charge in [0, 0.05) is 34.0 Å². The smallest absolute Gasteiger partial charge is 0.307 e. The van der Waals surface area contributed by atoms with Crippen LogP contribution in [0.2, 0.25) is 0 Å². The minimum Gasteiger partial charge on any atom is -0.460 e. The van der Waals surface area contributed by atoms with E-state index < -0.39 is 5.60 Å². The van der Waals surface area contributed by atoms with Crippen molar-refractivity contribution in [3.63, 3.8) is 0 Å². The first-order valence-electron chi connectivity index (χ1n) is 12.0. The van der Waals surface area contributed by atoms with Crippen LogP contribution in [0.5, 0.6) is 0 Å². The summed E-state index contributed by atoms with van der Waals surface area (Å²) >= 11 is 3.11. The third kappa shape index (κ3) is 10.8. The van der Waals surface area contributed by atoms with Gasteiger partial charge in [0.2, 0.25) is 0 Å². The molecule has 2 atom stereocenters. The molecule has 0 saturated carbocycles. The van der Waals surface area contributed by atoms with Crippen molar-refractivity contribution >= 4 is 28.6 Å². The van der Waals surface area contributed by atoms with E-state index in [4.69, 9.17) is 10.3 Å². The second-order valence-electron chi connectivity index (χ2n) is 9.33. The number of carbonyl (C=O) groups excluding carboxylic acids is 1. The van der Waals surface area contributed by atoms with E-state index in [-0.39, 0.29) is 25.4 Å². The zero-order chi connectivity index (χ0) is 26.5. The van der Waals surface area contributed by atoms with Crippen LogP contribution in [0.25, 0.3) is 10.4 Å². The molecule has 0 radical (unpaired) electrons. The maximum Gasteiger partial charge on any atom is 0.307 e. The molecule has 0 aliphatic carbocycles. The van der Waals surface area contributed by atoms with E-state index in [2.05, 4.69) is 32.1 Å². The van der Waals surface area contributed by atoms with E-state index in [1.54, 1.807) is 23.7 Å². The second kappa shape index (κ2) is 15.7. The first-order chi connectivity index (χ1) is 17.8. The van der Waals surface area contributed by atoms with E-state index in [1.165, 1.54) is 16.9 Å². The molecule has 9 heteroatoms. The third-order valence-electron chi connectivity index (χ3n) is 5.16. The van der Waals surface area contributed by atoms with Gasteiger partial charge in [-0.3, -0.25) is 4.79 Å². The number of rotatable bonds is 9. The minimum atomic E-state index is -0.447. The van der Waals surface area contributed by atoms with Crippen LogP contribution in [0.15, 0.2) is 88.9 Å². The minimum absolute atomic E-state index is 0. The standard InChI is InChI=1S/C17H21NO2S.C11H10N4S.CH4/c1-17(2,3)20-15(19)12-14(16-18-9-10-21-16)11-13-7-5-4-6-8-13;12-15-14-10(11-13-6-7-16-11)8-9-4-2-1-3-5-9;/h4-10,14H,11-12H2,1-3H3;1-7,10H,8H2;1H4/t14-;10-;/m10./s1. The highest BCUT2D eigenvalue weighted by Crippen LogP contribution is 2.27. The van der Waals surface area contributed by atoms with Crippen molar-refractivity contribution < 1.29 is 9.53 Å². The molecule has 0 aliphatic heterocycles. The fraction of sp³-hybridized carbons (Fsp3) is 0.345. The van der Waals surface area contributed by atoms with E-state index in [0.29, 0.717) is 12.8 Å². The SMILES string of the molecule is C.CC(C)(C)OC(=O)C[C@@H](Cc1ccccc1)c1nccs1.[N-]=[N+]=N[C@@H](Cc1ccccc1)c1nccs1. The van der Waals surface area contributed by atoms with Gasteiger partial charge in [-0.1, -0.05) is 73.2 Å². The largest absolute Gasteiger partial charge is 0.460 e. The van der Waals surface area contributed by atoms with Crippen molar-refractivity contribution in [2.75, 3.05) is 0 Å². The van der Waals surface area contributed by atoms with Crippen LogP contribution in [0, 0.1) is 0 Å². The average Bonchev–Trinajstić information content (AvgIpc) is 3.59. The van der Waals surface area contributed by atoms with Crippen LogP contribution in [-0.2, 0) is 22.4 Å². The molecule has 38 heavy (non-hydrogen) atoms. The Morgan fingerprint density at radius 2 is 1.45 bits per heavy atom. The van der Waals surface area contributed by atoms with Gasteiger partial charge in [-0.15, -0.1) is 22.7 Å². The van der Waals surface area contributed by atoms with Crippen LogP contribution in [0.3, 0.4) is 0 Å². The average molecular weight is 550 g/mol. The lowest BCUT2D eigenvalue weighted by molar-refractivity contribution is -0.155. The maximum absolute atomic E-state index is 12.1. The second-order valence-corrected chi connectivity index (χ2v) is 11.2. The molecule has 2 aromatic carbocycles. The van der Waals surface area contributed by atoms with Crippen molar-refractivity contribution in [1.29, 1.82) is 0 Å². The Morgan fingerprint density at radius 3 is 1.92 bits per heavy atom. The Balaban J connectivity index is 0.000000269. The number of hydrogen-bond acceptors (Lipinski definition) is 7. The van der Waals surface area contributed by atoms with E-state index >= 15 is 0 Å². The fourth-order valence-electron chi connectivity index (χ4n) is 3.64. The van der Waals surface area contributed by atoms with Crippen molar-refractivity contribution in [3.8, 4) is 0 Å². The molecule has 7 nitrogen and oxygen atoms in total. The quantitative estimate of drug-likeness (QED) is 0.0903. The monoisotopic (exact) mass is 549 g/mol. The highest BCUT2D eigenvalue weighted by atomic mass is 32.1. The molecule has 0 spiro atoms. The van der Waals surface area contributed by atoms with Gasteiger partial charge in [-0.2, -0.15) is 0 Å². The lowest BCUT2D eigenvalue weighted by Gasteiger charge is -2.21. The summed E-state index contributed by atoms with van der Waals surface area (Å²) in [5.41, 5.74) is 10.5. The van der Waals surface area contributed by atoms with Gasteiger partial charge in [-0.25, -0.2) is 9.97 Å². The molecule has 0 N–H and O–H groups in total. The van der Waals surface area contributed by atoms with Gasteiger partial charge in [0.05, 0.1) is 17.5 Å². The van der Waals surface area contributed by atoms with Crippen LogP contribution in [0.4, 0.5) is 0 Å². The Kier molecular flexibility index (Phi) is 12.7. The number of carbonyl (C=O) groups is 1. The molecule has 0 aliphatic rings. The zero-order valence-corrected chi connectivity index (χ0v) is 22.9. The van der Waals surface area contributed by atoms with Gasteiger partial charge in [0.1, 0.15) is 10.6 Å². The number of hydrogen-bond donors (Lipinski definition) is 0. The molecule has 0 amide bonds. The summed E-state index contributed by atoms with van der Waals surface area (Å²) in [7, 11) is 0. The number of aromatic nitrogens is 2. The number of thiazole rings is 2. The summed E-state index contributed by atoms with van der Waals surface area (Å²) < 4.78 is 5.44. The predicted octanol–water partition coefficient (Wildman–Crippen LogP) is 8.57. The van der Waals surface area contributed by atoms with Crippen molar-refractivity contribution in [3.05, 3.63) is 115 Å². The van der Waals surface area contributed by atoms with Gasteiger partial charge < -0.3 is 4.74 Å². The van der Waals surface area contributed by atoms with Crippen molar-refractivity contribution in [1.82, 2.24) is 9.97 Å². The first kappa shape index (κ1) is 30.7. The van der Waals surface area contributed by atoms with Gasteiger partial charge in [-0.05, 0) is 50.3 Å². The Hall–Kier alpha value is -3.52.